The van der Waals surface area contributed by atoms with Crippen molar-refractivity contribution < 1.29 is 4.74 Å². The molecule has 0 saturated carbocycles. The second-order valence-corrected chi connectivity index (χ2v) is 6.18. The number of nitrogens with one attached hydrogen (secondary N) is 1. The van der Waals surface area contributed by atoms with Crippen LogP contribution in [0.25, 0.3) is 0 Å². The van der Waals surface area contributed by atoms with Crippen molar-refractivity contribution >= 4 is 17.3 Å². The van der Waals surface area contributed by atoms with Gasteiger partial charge < -0.3 is 20.7 Å². The molecule has 1 aliphatic heterocycles. The molecule has 2 heterocycles. The van der Waals surface area contributed by atoms with Gasteiger partial charge in [0.1, 0.15) is 12.0 Å². The fourth-order valence-corrected chi connectivity index (χ4v) is 2.92. The van der Waals surface area contributed by atoms with Crippen LogP contribution in [0.2, 0.25) is 0 Å². The van der Waals surface area contributed by atoms with Gasteiger partial charge in [0.25, 0.3) is 0 Å². The molecule has 1 aromatic carbocycles. The Hall–Kier alpha value is -2.38. The highest BCUT2D eigenvalue weighted by atomic mass is 16.5. The molecule has 0 amide bonds. The highest BCUT2D eigenvalue weighted by Crippen LogP contribution is 2.26. The van der Waals surface area contributed by atoms with Gasteiger partial charge in [0.2, 0.25) is 0 Å². The van der Waals surface area contributed by atoms with Gasteiger partial charge in [-0.15, -0.1) is 0 Å². The Morgan fingerprint density at radius 1 is 1.20 bits per heavy atom. The van der Waals surface area contributed by atoms with Crippen molar-refractivity contribution in [3.8, 4) is 0 Å². The van der Waals surface area contributed by atoms with Gasteiger partial charge >= 0.3 is 0 Å². The number of nitrogen functional groups attached to an aromatic ring is 1. The van der Waals surface area contributed by atoms with Gasteiger partial charge in [-0.2, -0.15) is 0 Å². The largest absolute Gasteiger partial charge is 0.393 e. The third kappa shape index (κ3) is 4.80. The number of hydrogen-bond donors (Lipinski definition) is 2. The quantitative estimate of drug-likeness (QED) is 0.788. The monoisotopic (exact) mass is 342 g/mol. The molecule has 134 valence electrons. The lowest BCUT2D eigenvalue weighted by Gasteiger charge is -2.26. The van der Waals surface area contributed by atoms with Gasteiger partial charge in [-0.1, -0.05) is 30.3 Å². The minimum absolute atomic E-state index is 0.586. The standard InChI is InChI=1S/C18H26N6O/c1-23(13-15-5-3-2-4-6-15)18-16(19)17(21-14-22-18)20-7-8-24-9-11-25-12-10-24/h2-6,14H,7-13,19H2,1H3,(H,20,21,22). The molecule has 3 N–H and O–H groups in total. The van der Waals surface area contributed by atoms with Crippen molar-refractivity contribution in [2.24, 2.45) is 0 Å². The summed E-state index contributed by atoms with van der Waals surface area (Å²) < 4.78 is 5.37. The molecule has 1 saturated heterocycles. The van der Waals surface area contributed by atoms with Gasteiger partial charge in [0.05, 0.1) is 13.2 Å². The zero-order chi connectivity index (χ0) is 17.5. The van der Waals surface area contributed by atoms with Crippen molar-refractivity contribution in [1.29, 1.82) is 0 Å². The Labute approximate surface area is 148 Å². The molecule has 0 radical (unpaired) electrons. The Bertz CT molecular complexity index is 660. The van der Waals surface area contributed by atoms with Gasteiger partial charge in [0, 0.05) is 39.8 Å². The molecular formula is C18H26N6O. The number of aromatic nitrogens is 2. The molecule has 25 heavy (non-hydrogen) atoms. The molecule has 7 heteroatoms. The molecule has 3 rings (SSSR count). The number of morpholine rings is 1. The zero-order valence-electron chi connectivity index (χ0n) is 14.7. The summed E-state index contributed by atoms with van der Waals surface area (Å²) in [6, 6.07) is 10.3. The minimum Gasteiger partial charge on any atom is -0.393 e. The van der Waals surface area contributed by atoms with Crippen molar-refractivity contribution in [1.82, 2.24) is 14.9 Å². The highest BCUT2D eigenvalue weighted by molar-refractivity contribution is 5.74. The van der Waals surface area contributed by atoms with Crippen LogP contribution in [-0.4, -0.2) is 61.3 Å². The summed E-state index contributed by atoms with van der Waals surface area (Å²) in [5.41, 5.74) is 8.09. The zero-order valence-corrected chi connectivity index (χ0v) is 14.7. The molecular weight excluding hydrogens is 316 g/mol. The number of hydrogen-bond acceptors (Lipinski definition) is 7. The molecule has 2 aromatic rings. The van der Waals surface area contributed by atoms with E-state index in [1.807, 2.05) is 30.1 Å². The van der Waals surface area contributed by atoms with E-state index in [0.717, 1.165) is 51.8 Å². The summed E-state index contributed by atoms with van der Waals surface area (Å²) in [4.78, 5) is 13.1. The van der Waals surface area contributed by atoms with Crippen molar-refractivity contribution in [2.45, 2.75) is 6.54 Å². The van der Waals surface area contributed by atoms with E-state index in [-0.39, 0.29) is 0 Å². The summed E-state index contributed by atoms with van der Waals surface area (Å²) >= 11 is 0. The molecule has 1 aromatic heterocycles. The van der Waals surface area contributed by atoms with E-state index in [0.29, 0.717) is 11.5 Å². The first-order valence-corrected chi connectivity index (χ1v) is 8.63. The first kappa shape index (κ1) is 17.4. The second kappa shape index (κ2) is 8.64. The SMILES string of the molecule is CN(Cc1ccccc1)c1ncnc(NCCN2CCOCC2)c1N. The van der Waals surface area contributed by atoms with E-state index in [1.54, 1.807) is 6.33 Å². The smallest absolute Gasteiger partial charge is 0.157 e. The van der Waals surface area contributed by atoms with Crippen LogP contribution in [0.1, 0.15) is 5.56 Å². The maximum Gasteiger partial charge on any atom is 0.157 e. The molecule has 0 unspecified atom stereocenters. The van der Waals surface area contributed by atoms with Crippen LogP contribution in [0.4, 0.5) is 17.3 Å². The van der Waals surface area contributed by atoms with Gasteiger partial charge in [-0.05, 0) is 5.56 Å². The van der Waals surface area contributed by atoms with E-state index >= 15 is 0 Å². The Morgan fingerprint density at radius 2 is 1.96 bits per heavy atom. The number of nitrogens with zero attached hydrogens (tertiary/aromatic N) is 4. The second-order valence-electron chi connectivity index (χ2n) is 6.18. The van der Waals surface area contributed by atoms with Crippen LogP contribution in [0.5, 0.6) is 0 Å². The van der Waals surface area contributed by atoms with Crippen LogP contribution in [-0.2, 0) is 11.3 Å². The number of rotatable bonds is 7. The number of nitrogens with two attached hydrogens (primary N) is 1. The third-order valence-corrected chi connectivity index (χ3v) is 4.31. The lowest BCUT2D eigenvalue weighted by atomic mass is 10.2. The first-order chi connectivity index (χ1) is 12.2. The summed E-state index contributed by atoms with van der Waals surface area (Å²) in [6.45, 7) is 6.06. The third-order valence-electron chi connectivity index (χ3n) is 4.31. The van der Waals surface area contributed by atoms with E-state index in [2.05, 4.69) is 32.3 Å². The lowest BCUT2D eigenvalue weighted by molar-refractivity contribution is 0.0398. The summed E-state index contributed by atoms with van der Waals surface area (Å²) in [7, 11) is 1.99. The molecule has 0 bridgehead atoms. The summed E-state index contributed by atoms with van der Waals surface area (Å²) in [6.07, 6.45) is 1.56. The van der Waals surface area contributed by atoms with Gasteiger partial charge in [-0.25, -0.2) is 9.97 Å². The highest BCUT2D eigenvalue weighted by Gasteiger charge is 2.13. The molecule has 0 atom stereocenters. The van der Waals surface area contributed by atoms with Crippen molar-refractivity contribution in [2.75, 3.05) is 62.4 Å². The maximum absolute atomic E-state index is 6.29. The lowest BCUT2D eigenvalue weighted by Crippen LogP contribution is -2.39. The summed E-state index contributed by atoms with van der Waals surface area (Å²) in [5, 5.41) is 3.33. The van der Waals surface area contributed by atoms with Crippen LogP contribution in [0.3, 0.4) is 0 Å². The van der Waals surface area contributed by atoms with Crippen molar-refractivity contribution in [3.63, 3.8) is 0 Å². The fraction of sp³-hybridized carbons (Fsp3) is 0.444. The summed E-state index contributed by atoms with van der Waals surface area (Å²) in [5.74, 6) is 1.44. The van der Waals surface area contributed by atoms with Crippen LogP contribution < -0.4 is 16.0 Å². The van der Waals surface area contributed by atoms with Gasteiger partial charge in [0.15, 0.2) is 11.6 Å². The number of benzene rings is 1. The average molecular weight is 342 g/mol. The number of anilines is 3. The Morgan fingerprint density at radius 3 is 2.72 bits per heavy atom. The predicted molar refractivity (Wildman–Crippen MR) is 101 cm³/mol. The Balaban J connectivity index is 1.59. The van der Waals surface area contributed by atoms with E-state index in [4.69, 9.17) is 10.5 Å². The molecule has 0 aliphatic carbocycles. The van der Waals surface area contributed by atoms with Crippen LogP contribution in [0, 0.1) is 0 Å². The molecule has 1 fully saturated rings. The fourth-order valence-electron chi connectivity index (χ4n) is 2.92. The maximum atomic E-state index is 6.29. The van der Waals surface area contributed by atoms with Gasteiger partial charge in [-0.3, -0.25) is 4.90 Å². The van der Waals surface area contributed by atoms with Crippen LogP contribution >= 0.6 is 0 Å². The van der Waals surface area contributed by atoms with E-state index in [1.165, 1.54) is 5.56 Å². The van der Waals surface area contributed by atoms with Crippen molar-refractivity contribution in [3.05, 3.63) is 42.2 Å². The first-order valence-electron chi connectivity index (χ1n) is 8.63. The molecule has 1 aliphatic rings. The Kier molecular flexibility index (Phi) is 6.03. The van der Waals surface area contributed by atoms with E-state index in [9.17, 15) is 0 Å². The minimum atomic E-state index is 0.586. The normalized spacial score (nSPS) is 15.1. The molecule has 0 spiro atoms. The van der Waals surface area contributed by atoms with Crippen LogP contribution in [0.15, 0.2) is 36.7 Å². The topological polar surface area (TPSA) is 79.5 Å². The average Bonchev–Trinajstić information content (AvgIpc) is 2.65. The number of ether oxygens (including phenoxy) is 1. The molecule has 7 nitrogen and oxygen atoms in total. The van der Waals surface area contributed by atoms with E-state index < -0.39 is 0 Å². The predicted octanol–water partition coefficient (Wildman–Crippen LogP) is 1.44.